The number of pyridine rings is 1. The lowest BCUT2D eigenvalue weighted by atomic mass is 10.3. The van der Waals surface area contributed by atoms with Gasteiger partial charge in [-0.3, -0.25) is 4.98 Å². The van der Waals surface area contributed by atoms with E-state index in [1.807, 2.05) is 18.2 Å². The molecule has 0 saturated heterocycles. The van der Waals surface area contributed by atoms with Gasteiger partial charge in [0.15, 0.2) is 5.69 Å². The van der Waals surface area contributed by atoms with Crippen LogP contribution >= 0.6 is 11.3 Å². The minimum atomic E-state index is -1.02. The maximum Gasteiger partial charge on any atom is 0.357 e. The van der Waals surface area contributed by atoms with Gasteiger partial charge in [-0.15, -0.1) is 11.3 Å². The summed E-state index contributed by atoms with van der Waals surface area (Å²) in [6.07, 6.45) is 1.70. The molecule has 2 N–H and O–H groups in total. The van der Waals surface area contributed by atoms with Gasteiger partial charge in [0.1, 0.15) is 5.00 Å². The SMILES string of the molecule is O=C(O)c1ncsc1NCc1ccccn1. The Balaban J connectivity index is 2.05. The number of carbonyl (C=O) groups is 1. The molecule has 0 unspecified atom stereocenters. The molecule has 5 nitrogen and oxygen atoms in total. The van der Waals surface area contributed by atoms with E-state index >= 15 is 0 Å². The van der Waals surface area contributed by atoms with Crippen LogP contribution < -0.4 is 5.32 Å². The number of rotatable bonds is 4. The smallest absolute Gasteiger partial charge is 0.357 e. The zero-order chi connectivity index (χ0) is 11.4. The van der Waals surface area contributed by atoms with Crippen LogP contribution in [0.2, 0.25) is 0 Å². The van der Waals surface area contributed by atoms with Crippen LogP contribution in [0.5, 0.6) is 0 Å². The Morgan fingerprint density at radius 1 is 1.44 bits per heavy atom. The molecular formula is C10H9N3O2S. The first-order valence-corrected chi connectivity index (χ1v) is 5.46. The number of thiazole rings is 1. The summed E-state index contributed by atoms with van der Waals surface area (Å²) >= 11 is 1.27. The lowest BCUT2D eigenvalue weighted by Gasteiger charge is -2.03. The molecule has 16 heavy (non-hydrogen) atoms. The molecule has 2 aromatic heterocycles. The van der Waals surface area contributed by atoms with Gasteiger partial charge in [0.2, 0.25) is 0 Å². The van der Waals surface area contributed by atoms with Crippen LogP contribution in [0.4, 0.5) is 5.00 Å². The van der Waals surface area contributed by atoms with Crippen LogP contribution in [-0.4, -0.2) is 21.0 Å². The largest absolute Gasteiger partial charge is 0.476 e. The van der Waals surface area contributed by atoms with E-state index in [-0.39, 0.29) is 5.69 Å². The summed E-state index contributed by atoms with van der Waals surface area (Å²) in [5.74, 6) is -1.02. The highest BCUT2D eigenvalue weighted by molar-refractivity contribution is 7.14. The van der Waals surface area contributed by atoms with Crippen molar-refractivity contribution in [3.05, 3.63) is 41.3 Å². The summed E-state index contributed by atoms with van der Waals surface area (Å²) in [4.78, 5) is 18.7. The fraction of sp³-hybridized carbons (Fsp3) is 0.100. The molecule has 82 valence electrons. The number of hydrogen-bond acceptors (Lipinski definition) is 5. The Morgan fingerprint density at radius 3 is 3.00 bits per heavy atom. The van der Waals surface area contributed by atoms with Crippen molar-refractivity contribution in [3.8, 4) is 0 Å². The molecule has 0 aromatic carbocycles. The van der Waals surface area contributed by atoms with E-state index in [1.54, 1.807) is 6.20 Å². The summed E-state index contributed by atoms with van der Waals surface area (Å²) in [5.41, 5.74) is 2.41. The van der Waals surface area contributed by atoms with E-state index < -0.39 is 5.97 Å². The lowest BCUT2D eigenvalue weighted by Crippen LogP contribution is -2.05. The third-order valence-corrected chi connectivity index (χ3v) is 2.71. The number of aromatic nitrogens is 2. The Morgan fingerprint density at radius 2 is 2.31 bits per heavy atom. The fourth-order valence-corrected chi connectivity index (χ4v) is 1.87. The van der Waals surface area contributed by atoms with E-state index in [0.717, 1.165) is 5.69 Å². The second-order valence-corrected chi connectivity index (χ2v) is 3.86. The van der Waals surface area contributed by atoms with Gasteiger partial charge in [-0.25, -0.2) is 9.78 Å². The van der Waals surface area contributed by atoms with Gasteiger partial charge in [-0.1, -0.05) is 6.07 Å². The van der Waals surface area contributed by atoms with E-state index in [4.69, 9.17) is 5.11 Å². The Hall–Kier alpha value is -1.95. The number of carboxylic acids is 1. The third kappa shape index (κ3) is 2.34. The Kier molecular flexibility index (Phi) is 3.11. The number of hydrogen-bond donors (Lipinski definition) is 2. The summed E-state index contributed by atoms with van der Waals surface area (Å²) in [6.45, 7) is 0.489. The number of nitrogens with one attached hydrogen (secondary N) is 1. The first-order chi connectivity index (χ1) is 7.77. The molecule has 0 spiro atoms. The van der Waals surface area contributed by atoms with Gasteiger partial charge in [-0.05, 0) is 12.1 Å². The molecule has 0 saturated carbocycles. The predicted octanol–water partition coefficient (Wildman–Crippen LogP) is 1.85. The van der Waals surface area contributed by atoms with Gasteiger partial charge in [0, 0.05) is 6.20 Å². The van der Waals surface area contributed by atoms with Crippen molar-refractivity contribution in [3.63, 3.8) is 0 Å². The van der Waals surface area contributed by atoms with Crippen molar-refractivity contribution in [2.24, 2.45) is 0 Å². The van der Waals surface area contributed by atoms with Crippen LogP contribution in [0.3, 0.4) is 0 Å². The molecule has 0 aliphatic carbocycles. The number of aromatic carboxylic acids is 1. The van der Waals surface area contributed by atoms with Crippen LogP contribution in [-0.2, 0) is 6.54 Å². The van der Waals surface area contributed by atoms with E-state index in [0.29, 0.717) is 11.5 Å². The fourth-order valence-electron chi connectivity index (χ4n) is 1.20. The monoisotopic (exact) mass is 235 g/mol. The standard InChI is InChI=1S/C10H9N3O2S/c14-10(15)8-9(16-6-13-8)12-5-7-3-1-2-4-11-7/h1-4,6,12H,5H2,(H,14,15). The van der Waals surface area contributed by atoms with E-state index in [1.165, 1.54) is 16.8 Å². The molecule has 2 aromatic rings. The number of anilines is 1. The normalized spacial score (nSPS) is 10.0. The first-order valence-electron chi connectivity index (χ1n) is 4.58. The predicted molar refractivity (Wildman–Crippen MR) is 60.6 cm³/mol. The summed E-state index contributed by atoms with van der Waals surface area (Å²) in [6, 6.07) is 5.59. The van der Waals surface area contributed by atoms with Gasteiger partial charge in [-0.2, -0.15) is 0 Å². The topological polar surface area (TPSA) is 75.1 Å². The molecule has 2 rings (SSSR count). The molecule has 0 aliphatic rings. The van der Waals surface area contributed by atoms with Crippen molar-refractivity contribution in [2.75, 3.05) is 5.32 Å². The zero-order valence-corrected chi connectivity index (χ0v) is 9.07. The summed E-state index contributed by atoms with van der Waals surface area (Å²) < 4.78 is 0. The molecular weight excluding hydrogens is 226 g/mol. The molecule has 0 bridgehead atoms. The van der Waals surface area contributed by atoms with Crippen molar-refractivity contribution in [1.82, 2.24) is 9.97 Å². The highest BCUT2D eigenvalue weighted by Gasteiger charge is 2.12. The Labute approximate surface area is 95.8 Å². The number of nitrogens with zero attached hydrogens (tertiary/aromatic N) is 2. The van der Waals surface area contributed by atoms with E-state index in [9.17, 15) is 4.79 Å². The highest BCUT2D eigenvalue weighted by atomic mass is 32.1. The molecule has 0 fully saturated rings. The van der Waals surface area contributed by atoms with Crippen LogP contribution in [0, 0.1) is 0 Å². The molecule has 2 heterocycles. The van der Waals surface area contributed by atoms with Gasteiger partial charge >= 0.3 is 5.97 Å². The van der Waals surface area contributed by atoms with Crippen LogP contribution in [0.25, 0.3) is 0 Å². The highest BCUT2D eigenvalue weighted by Crippen LogP contribution is 2.20. The van der Waals surface area contributed by atoms with Gasteiger partial charge < -0.3 is 10.4 Å². The zero-order valence-electron chi connectivity index (χ0n) is 8.25. The van der Waals surface area contributed by atoms with Gasteiger partial charge in [0.25, 0.3) is 0 Å². The second kappa shape index (κ2) is 4.71. The van der Waals surface area contributed by atoms with Crippen LogP contribution in [0.15, 0.2) is 29.9 Å². The molecule has 0 aliphatic heterocycles. The average molecular weight is 235 g/mol. The van der Waals surface area contributed by atoms with E-state index in [2.05, 4.69) is 15.3 Å². The maximum atomic E-state index is 10.8. The average Bonchev–Trinajstić information content (AvgIpc) is 2.76. The number of carboxylic acid groups (broad SMARTS) is 1. The molecule has 6 heteroatoms. The second-order valence-electron chi connectivity index (χ2n) is 3.01. The van der Waals surface area contributed by atoms with Crippen molar-refractivity contribution in [2.45, 2.75) is 6.54 Å². The Bertz CT molecular complexity index is 484. The van der Waals surface area contributed by atoms with Crippen molar-refractivity contribution >= 4 is 22.3 Å². The molecule has 0 radical (unpaired) electrons. The maximum absolute atomic E-state index is 10.8. The molecule has 0 amide bonds. The van der Waals surface area contributed by atoms with Crippen molar-refractivity contribution in [1.29, 1.82) is 0 Å². The lowest BCUT2D eigenvalue weighted by molar-refractivity contribution is 0.0692. The first kappa shape index (κ1) is 10.6. The van der Waals surface area contributed by atoms with Crippen molar-refractivity contribution < 1.29 is 9.90 Å². The quantitative estimate of drug-likeness (QED) is 0.845. The minimum absolute atomic E-state index is 0.0564. The minimum Gasteiger partial charge on any atom is -0.476 e. The summed E-state index contributed by atoms with van der Waals surface area (Å²) in [5, 5.41) is 12.4. The third-order valence-electron chi connectivity index (χ3n) is 1.93. The molecule has 0 atom stereocenters. The van der Waals surface area contributed by atoms with Crippen LogP contribution in [0.1, 0.15) is 16.2 Å². The van der Waals surface area contributed by atoms with Gasteiger partial charge in [0.05, 0.1) is 17.7 Å². The summed E-state index contributed by atoms with van der Waals surface area (Å²) in [7, 11) is 0.